The normalized spacial score (nSPS) is 17.2. The standard InChI is InChI=1S/C12H17BrN2O2/c1-8(15(2)9-3-4-9)7-14-12(16)10-5-6-17-11(10)13/h5-6,8-9H,3-4,7H2,1-2H3,(H,14,16). The number of hydrogen-bond donors (Lipinski definition) is 1. The Hall–Kier alpha value is -0.810. The molecule has 1 saturated carbocycles. The van der Waals surface area contributed by atoms with Crippen molar-refractivity contribution in [3.05, 3.63) is 22.6 Å². The van der Waals surface area contributed by atoms with Crippen LogP contribution in [0.5, 0.6) is 0 Å². The Morgan fingerprint density at radius 2 is 2.41 bits per heavy atom. The smallest absolute Gasteiger partial charge is 0.255 e. The van der Waals surface area contributed by atoms with Gasteiger partial charge in [-0.2, -0.15) is 0 Å². The third-order valence-electron chi connectivity index (χ3n) is 3.24. The number of carbonyl (C=O) groups is 1. The van der Waals surface area contributed by atoms with E-state index < -0.39 is 0 Å². The van der Waals surface area contributed by atoms with Crippen LogP contribution in [0.15, 0.2) is 21.4 Å². The second kappa shape index (κ2) is 5.23. The van der Waals surface area contributed by atoms with Gasteiger partial charge in [0.05, 0.1) is 11.8 Å². The molecule has 0 bridgehead atoms. The van der Waals surface area contributed by atoms with Gasteiger partial charge < -0.3 is 9.73 Å². The van der Waals surface area contributed by atoms with Gasteiger partial charge >= 0.3 is 0 Å². The molecular weight excluding hydrogens is 284 g/mol. The molecule has 1 fully saturated rings. The predicted molar refractivity (Wildman–Crippen MR) is 69.0 cm³/mol. The van der Waals surface area contributed by atoms with Crippen molar-refractivity contribution < 1.29 is 9.21 Å². The van der Waals surface area contributed by atoms with Crippen molar-refractivity contribution in [3.8, 4) is 0 Å². The van der Waals surface area contributed by atoms with Gasteiger partial charge in [0.15, 0.2) is 4.67 Å². The quantitative estimate of drug-likeness (QED) is 0.907. The van der Waals surface area contributed by atoms with E-state index in [0.29, 0.717) is 28.9 Å². The molecule has 1 aromatic rings. The molecular formula is C12H17BrN2O2. The first-order chi connectivity index (χ1) is 8.09. The number of carbonyl (C=O) groups excluding carboxylic acids is 1. The van der Waals surface area contributed by atoms with E-state index in [0.717, 1.165) is 0 Å². The van der Waals surface area contributed by atoms with E-state index >= 15 is 0 Å². The van der Waals surface area contributed by atoms with E-state index in [9.17, 15) is 4.79 Å². The van der Waals surface area contributed by atoms with Gasteiger partial charge in [0.1, 0.15) is 0 Å². The van der Waals surface area contributed by atoms with Crippen LogP contribution in [0.1, 0.15) is 30.1 Å². The third-order valence-corrected chi connectivity index (χ3v) is 3.85. The summed E-state index contributed by atoms with van der Waals surface area (Å²) in [7, 11) is 2.11. The van der Waals surface area contributed by atoms with Crippen LogP contribution >= 0.6 is 15.9 Å². The molecule has 1 aliphatic carbocycles. The van der Waals surface area contributed by atoms with Gasteiger partial charge in [0.25, 0.3) is 5.91 Å². The van der Waals surface area contributed by atoms with Gasteiger partial charge in [-0.3, -0.25) is 9.69 Å². The fraction of sp³-hybridized carbons (Fsp3) is 0.583. The lowest BCUT2D eigenvalue weighted by molar-refractivity contribution is 0.0938. The van der Waals surface area contributed by atoms with Crippen molar-refractivity contribution in [2.24, 2.45) is 0 Å². The number of hydrogen-bond acceptors (Lipinski definition) is 3. The molecule has 0 spiro atoms. The van der Waals surface area contributed by atoms with Crippen LogP contribution in [0.3, 0.4) is 0 Å². The molecule has 1 amide bonds. The largest absolute Gasteiger partial charge is 0.457 e. The highest BCUT2D eigenvalue weighted by molar-refractivity contribution is 9.10. The van der Waals surface area contributed by atoms with E-state index in [-0.39, 0.29) is 5.91 Å². The Kier molecular flexibility index (Phi) is 3.89. The molecule has 5 heteroatoms. The number of halogens is 1. The number of nitrogens with zero attached hydrogens (tertiary/aromatic N) is 1. The van der Waals surface area contributed by atoms with E-state index in [1.807, 2.05) is 0 Å². The van der Waals surface area contributed by atoms with Gasteiger partial charge in [0.2, 0.25) is 0 Å². The van der Waals surface area contributed by atoms with Crippen molar-refractivity contribution in [2.45, 2.75) is 31.8 Å². The van der Waals surface area contributed by atoms with E-state index in [1.165, 1.54) is 19.1 Å². The molecule has 0 aliphatic heterocycles. The summed E-state index contributed by atoms with van der Waals surface area (Å²) in [6, 6.07) is 2.73. The van der Waals surface area contributed by atoms with Crippen LogP contribution < -0.4 is 5.32 Å². The molecule has 1 N–H and O–H groups in total. The Morgan fingerprint density at radius 3 is 2.94 bits per heavy atom. The van der Waals surface area contributed by atoms with Crippen molar-refractivity contribution in [1.29, 1.82) is 0 Å². The maximum atomic E-state index is 11.8. The zero-order chi connectivity index (χ0) is 12.4. The molecule has 2 rings (SSSR count). The average Bonchev–Trinajstić information content (AvgIpc) is 3.07. The SMILES string of the molecule is CC(CNC(=O)c1ccoc1Br)N(C)C1CC1. The molecule has 1 aliphatic rings. The second-order valence-electron chi connectivity index (χ2n) is 4.56. The first kappa shape index (κ1) is 12.6. The molecule has 1 heterocycles. The molecule has 4 nitrogen and oxygen atoms in total. The predicted octanol–water partition coefficient (Wildman–Crippen LogP) is 2.25. The van der Waals surface area contributed by atoms with Crippen LogP contribution in [0.4, 0.5) is 0 Å². The average molecular weight is 301 g/mol. The molecule has 17 heavy (non-hydrogen) atoms. The summed E-state index contributed by atoms with van der Waals surface area (Å²) >= 11 is 3.20. The molecule has 1 atom stereocenters. The Morgan fingerprint density at radius 1 is 1.71 bits per heavy atom. The Balaban J connectivity index is 1.81. The van der Waals surface area contributed by atoms with Gasteiger partial charge in [0, 0.05) is 18.6 Å². The van der Waals surface area contributed by atoms with Gasteiger partial charge in [-0.25, -0.2) is 0 Å². The van der Waals surface area contributed by atoms with Crippen LogP contribution in [-0.4, -0.2) is 36.5 Å². The molecule has 94 valence electrons. The first-order valence-electron chi connectivity index (χ1n) is 5.82. The molecule has 1 aromatic heterocycles. The summed E-state index contributed by atoms with van der Waals surface area (Å²) in [6.45, 7) is 2.78. The van der Waals surface area contributed by atoms with E-state index in [4.69, 9.17) is 4.42 Å². The third kappa shape index (κ3) is 3.10. The summed E-state index contributed by atoms with van der Waals surface area (Å²) in [4.78, 5) is 14.1. The summed E-state index contributed by atoms with van der Waals surface area (Å²) in [5.41, 5.74) is 0.547. The number of likely N-dealkylation sites (N-methyl/N-ethyl adjacent to an activating group) is 1. The fourth-order valence-electron chi connectivity index (χ4n) is 1.78. The molecule has 1 unspecified atom stereocenters. The van der Waals surface area contributed by atoms with Crippen LogP contribution in [0.2, 0.25) is 0 Å². The minimum atomic E-state index is -0.0957. The zero-order valence-electron chi connectivity index (χ0n) is 10.1. The molecule has 0 saturated heterocycles. The molecule has 0 radical (unpaired) electrons. The van der Waals surface area contributed by atoms with Crippen molar-refractivity contribution in [3.63, 3.8) is 0 Å². The summed E-state index contributed by atoms with van der Waals surface area (Å²) < 4.78 is 5.52. The summed E-state index contributed by atoms with van der Waals surface area (Å²) in [6.07, 6.45) is 4.06. The monoisotopic (exact) mass is 300 g/mol. The van der Waals surface area contributed by atoms with Crippen molar-refractivity contribution >= 4 is 21.8 Å². The van der Waals surface area contributed by atoms with Crippen LogP contribution in [-0.2, 0) is 0 Å². The lowest BCUT2D eigenvalue weighted by atomic mass is 10.2. The lowest BCUT2D eigenvalue weighted by Gasteiger charge is -2.24. The van der Waals surface area contributed by atoms with Crippen molar-refractivity contribution in [1.82, 2.24) is 10.2 Å². The van der Waals surface area contributed by atoms with E-state index in [2.05, 4.69) is 40.1 Å². The summed E-state index contributed by atoms with van der Waals surface area (Å²) in [5.74, 6) is -0.0957. The van der Waals surface area contributed by atoms with Gasteiger partial charge in [-0.15, -0.1) is 0 Å². The molecule has 0 aromatic carbocycles. The highest BCUT2D eigenvalue weighted by atomic mass is 79.9. The number of rotatable bonds is 5. The Labute approximate surface area is 109 Å². The van der Waals surface area contributed by atoms with E-state index in [1.54, 1.807) is 6.07 Å². The van der Waals surface area contributed by atoms with Crippen LogP contribution in [0, 0.1) is 0 Å². The second-order valence-corrected chi connectivity index (χ2v) is 5.28. The number of nitrogens with one attached hydrogen (secondary N) is 1. The first-order valence-corrected chi connectivity index (χ1v) is 6.62. The maximum absolute atomic E-state index is 11.8. The summed E-state index contributed by atoms with van der Waals surface area (Å²) in [5, 5.41) is 2.92. The topological polar surface area (TPSA) is 45.5 Å². The minimum absolute atomic E-state index is 0.0957. The van der Waals surface area contributed by atoms with Crippen LogP contribution in [0.25, 0.3) is 0 Å². The number of amides is 1. The lowest BCUT2D eigenvalue weighted by Crippen LogP contribution is -2.41. The number of furan rings is 1. The fourth-order valence-corrected chi connectivity index (χ4v) is 2.20. The van der Waals surface area contributed by atoms with Gasteiger partial charge in [-0.05, 0) is 48.8 Å². The maximum Gasteiger partial charge on any atom is 0.255 e. The zero-order valence-corrected chi connectivity index (χ0v) is 11.7. The highest BCUT2D eigenvalue weighted by Gasteiger charge is 2.29. The Bertz CT molecular complexity index is 401. The van der Waals surface area contributed by atoms with Crippen molar-refractivity contribution in [2.75, 3.05) is 13.6 Å². The van der Waals surface area contributed by atoms with Gasteiger partial charge in [-0.1, -0.05) is 0 Å². The highest BCUT2D eigenvalue weighted by Crippen LogP contribution is 2.26. The minimum Gasteiger partial charge on any atom is -0.457 e.